The average molecular weight is 536 g/mol. The van der Waals surface area contributed by atoms with Gasteiger partial charge in [0.25, 0.3) is 11.5 Å². The number of likely N-dealkylation sites (tertiary alicyclic amines) is 1. The molecule has 10 heteroatoms. The van der Waals surface area contributed by atoms with Gasteiger partial charge in [0.1, 0.15) is 11.2 Å². The van der Waals surface area contributed by atoms with Crippen molar-refractivity contribution >= 4 is 45.8 Å². The zero-order chi connectivity index (χ0) is 27.2. The fourth-order valence-corrected chi connectivity index (χ4v) is 5.22. The van der Waals surface area contributed by atoms with E-state index in [1.165, 1.54) is 0 Å². The molecule has 2 aromatic heterocycles. The number of aromatic amines is 1. The van der Waals surface area contributed by atoms with Crippen LogP contribution in [0.15, 0.2) is 47.3 Å². The summed E-state index contributed by atoms with van der Waals surface area (Å²) in [4.78, 5) is 42.9. The number of benzene rings is 2. The number of nitrogens with one attached hydrogen (secondary N) is 2. The molecule has 4 aromatic rings. The molecular weight excluding hydrogens is 506 g/mol. The summed E-state index contributed by atoms with van der Waals surface area (Å²) in [7, 11) is 0. The second-order valence-electron chi connectivity index (χ2n) is 10.7. The van der Waals surface area contributed by atoms with Crippen molar-refractivity contribution in [2.75, 3.05) is 18.4 Å². The van der Waals surface area contributed by atoms with Crippen molar-refractivity contribution < 1.29 is 14.3 Å². The first-order valence-electron chi connectivity index (χ1n) is 12.6. The molecule has 0 spiro atoms. The molecule has 2 N–H and O–H groups in total. The van der Waals surface area contributed by atoms with Crippen molar-refractivity contribution in [1.82, 2.24) is 19.5 Å². The molecule has 9 nitrogen and oxygen atoms in total. The van der Waals surface area contributed by atoms with E-state index < -0.39 is 5.60 Å². The van der Waals surface area contributed by atoms with Crippen LogP contribution < -0.4 is 10.9 Å². The quantitative estimate of drug-likeness (QED) is 0.360. The predicted molar refractivity (Wildman–Crippen MR) is 147 cm³/mol. The SMILES string of the molecule is Cc1cc(Cl)cc(C(=O)Nc2cccc3nn4c(C5CCN(C(=O)OC(C)(C)C)CC5)cc(=O)[nH]c4c23)c1. The zero-order valence-electron chi connectivity index (χ0n) is 21.8. The summed E-state index contributed by atoms with van der Waals surface area (Å²) < 4.78 is 7.26. The standard InChI is InChI=1S/C28H30ClN5O4/c1-16-12-18(14-19(29)13-16)26(36)30-20-6-5-7-21-24(20)25-31-23(35)15-22(34(25)32-21)17-8-10-33(11-9-17)27(37)38-28(2,3)4/h5-7,12-15,17H,8-11H2,1-4H3,(H,30,36)(H,31,35). The highest BCUT2D eigenvalue weighted by Gasteiger charge is 2.29. The Morgan fingerprint density at radius 2 is 1.87 bits per heavy atom. The highest BCUT2D eigenvalue weighted by molar-refractivity contribution is 6.31. The molecule has 1 aliphatic rings. The summed E-state index contributed by atoms with van der Waals surface area (Å²) in [6.07, 6.45) is 1.02. The molecule has 0 atom stereocenters. The lowest BCUT2D eigenvalue weighted by Crippen LogP contribution is -2.41. The minimum absolute atomic E-state index is 0.0280. The van der Waals surface area contributed by atoms with E-state index in [1.807, 2.05) is 39.8 Å². The fraction of sp³-hybridized carbons (Fsp3) is 0.357. The Morgan fingerprint density at radius 3 is 2.55 bits per heavy atom. The van der Waals surface area contributed by atoms with Crippen LogP contribution in [0.25, 0.3) is 16.6 Å². The zero-order valence-corrected chi connectivity index (χ0v) is 22.6. The number of fused-ring (bicyclic) bond motifs is 3. The van der Waals surface area contributed by atoms with E-state index in [-0.39, 0.29) is 23.5 Å². The van der Waals surface area contributed by atoms with Gasteiger partial charge in [0.15, 0.2) is 0 Å². The van der Waals surface area contributed by atoms with Crippen LogP contribution in [-0.2, 0) is 4.74 Å². The largest absolute Gasteiger partial charge is 0.444 e. The molecule has 0 radical (unpaired) electrons. The summed E-state index contributed by atoms with van der Waals surface area (Å²) in [5.74, 6) is -0.282. The molecule has 0 saturated carbocycles. The second kappa shape index (κ2) is 9.79. The van der Waals surface area contributed by atoms with Crippen molar-refractivity contribution in [1.29, 1.82) is 0 Å². The van der Waals surface area contributed by atoms with Crippen molar-refractivity contribution in [2.45, 2.75) is 52.1 Å². The Bertz CT molecular complexity index is 1590. The number of piperidine rings is 1. The van der Waals surface area contributed by atoms with Crippen LogP contribution in [0.3, 0.4) is 0 Å². The average Bonchev–Trinajstić information content (AvgIpc) is 3.21. The highest BCUT2D eigenvalue weighted by Crippen LogP contribution is 2.32. The Kier molecular flexibility index (Phi) is 6.65. The number of anilines is 1. The van der Waals surface area contributed by atoms with Gasteiger partial charge in [-0.25, -0.2) is 9.31 Å². The van der Waals surface area contributed by atoms with Gasteiger partial charge in [-0.1, -0.05) is 17.7 Å². The Hall–Kier alpha value is -3.85. The van der Waals surface area contributed by atoms with Crippen LogP contribution in [-0.4, -0.2) is 50.2 Å². The normalized spacial score (nSPS) is 14.7. The number of carbonyl (C=O) groups is 2. The summed E-state index contributed by atoms with van der Waals surface area (Å²) in [6, 6.07) is 12.2. The van der Waals surface area contributed by atoms with Crippen molar-refractivity contribution in [3.05, 3.63) is 74.7 Å². The number of H-pyrrole nitrogens is 1. The summed E-state index contributed by atoms with van der Waals surface area (Å²) >= 11 is 6.15. The van der Waals surface area contributed by atoms with E-state index in [2.05, 4.69) is 10.3 Å². The van der Waals surface area contributed by atoms with E-state index in [4.69, 9.17) is 21.4 Å². The van der Waals surface area contributed by atoms with Gasteiger partial charge < -0.3 is 19.9 Å². The minimum atomic E-state index is -0.555. The third-order valence-corrected chi connectivity index (χ3v) is 6.80. The Labute approximate surface area is 224 Å². The fourth-order valence-electron chi connectivity index (χ4n) is 4.93. The van der Waals surface area contributed by atoms with Gasteiger partial charge in [-0.05, 0) is 76.4 Å². The molecule has 0 aliphatic carbocycles. The van der Waals surface area contributed by atoms with Crippen LogP contribution in [0.1, 0.15) is 61.1 Å². The number of aromatic nitrogens is 3. The van der Waals surface area contributed by atoms with Crippen LogP contribution in [0.4, 0.5) is 10.5 Å². The molecule has 0 unspecified atom stereocenters. The molecule has 2 aromatic carbocycles. The van der Waals surface area contributed by atoms with Crippen LogP contribution >= 0.6 is 11.6 Å². The van der Waals surface area contributed by atoms with Gasteiger partial charge in [-0.15, -0.1) is 0 Å². The molecular formula is C28H30ClN5O4. The number of aryl methyl sites for hydroxylation is 1. The van der Waals surface area contributed by atoms with E-state index in [0.717, 1.165) is 11.3 Å². The maximum atomic E-state index is 13.1. The summed E-state index contributed by atoms with van der Waals surface area (Å²) in [5.41, 5.74) is 2.96. The predicted octanol–water partition coefficient (Wildman–Crippen LogP) is 5.50. The Balaban J connectivity index is 1.47. The van der Waals surface area contributed by atoms with Gasteiger partial charge in [-0.2, -0.15) is 5.10 Å². The highest BCUT2D eigenvalue weighted by atomic mass is 35.5. The summed E-state index contributed by atoms with van der Waals surface area (Å²) in [5, 5.41) is 8.86. The first-order valence-corrected chi connectivity index (χ1v) is 13.0. The molecule has 38 heavy (non-hydrogen) atoms. The van der Waals surface area contributed by atoms with Gasteiger partial charge in [0, 0.05) is 35.7 Å². The first kappa shape index (κ1) is 25.8. The number of carbonyl (C=O) groups excluding carboxylic acids is 2. The number of hydrogen-bond acceptors (Lipinski definition) is 5. The van der Waals surface area contributed by atoms with Gasteiger partial charge in [0.2, 0.25) is 0 Å². The third-order valence-electron chi connectivity index (χ3n) is 6.58. The third kappa shape index (κ3) is 5.24. The summed E-state index contributed by atoms with van der Waals surface area (Å²) in [6.45, 7) is 8.46. The molecule has 198 valence electrons. The topological polar surface area (TPSA) is 109 Å². The maximum Gasteiger partial charge on any atom is 0.410 e. The van der Waals surface area contributed by atoms with Crippen molar-refractivity contribution in [2.24, 2.45) is 0 Å². The lowest BCUT2D eigenvalue weighted by molar-refractivity contribution is 0.0203. The molecule has 2 amide bonds. The van der Waals surface area contributed by atoms with Crippen LogP contribution in [0.5, 0.6) is 0 Å². The number of halogens is 1. The molecule has 1 saturated heterocycles. The van der Waals surface area contributed by atoms with E-state index in [9.17, 15) is 14.4 Å². The second-order valence-corrected chi connectivity index (χ2v) is 11.2. The molecule has 5 rings (SSSR count). The first-order chi connectivity index (χ1) is 18.0. The van der Waals surface area contributed by atoms with Crippen molar-refractivity contribution in [3.63, 3.8) is 0 Å². The van der Waals surface area contributed by atoms with E-state index in [1.54, 1.807) is 39.7 Å². The molecule has 1 aliphatic heterocycles. The molecule has 1 fully saturated rings. The van der Waals surface area contributed by atoms with E-state index in [0.29, 0.717) is 58.8 Å². The monoisotopic (exact) mass is 535 g/mol. The minimum Gasteiger partial charge on any atom is -0.444 e. The number of rotatable bonds is 3. The maximum absolute atomic E-state index is 13.1. The number of amides is 2. The lowest BCUT2D eigenvalue weighted by Gasteiger charge is -2.33. The van der Waals surface area contributed by atoms with Crippen LogP contribution in [0, 0.1) is 6.92 Å². The van der Waals surface area contributed by atoms with Crippen LogP contribution in [0.2, 0.25) is 5.02 Å². The smallest absolute Gasteiger partial charge is 0.410 e. The molecule has 3 heterocycles. The van der Waals surface area contributed by atoms with Gasteiger partial charge >= 0.3 is 6.09 Å². The lowest BCUT2D eigenvalue weighted by atomic mass is 9.93. The Morgan fingerprint density at radius 1 is 1.13 bits per heavy atom. The molecule has 0 bridgehead atoms. The van der Waals surface area contributed by atoms with Gasteiger partial charge in [0.05, 0.1) is 22.3 Å². The number of ether oxygens (including phenoxy) is 1. The van der Waals surface area contributed by atoms with Crippen molar-refractivity contribution in [3.8, 4) is 0 Å². The number of hydrogen-bond donors (Lipinski definition) is 2. The van der Waals surface area contributed by atoms with Gasteiger partial charge in [-0.3, -0.25) is 9.59 Å². The van der Waals surface area contributed by atoms with E-state index >= 15 is 0 Å². The number of nitrogens with zero attached hydrogens (tertiary/aromatic N) is 3.